The van der Waals surface area contributed by atoms with Gasteiger partial charge in [0, 0.05) is 33.2 Å². The minimum Gasteiger partial charge on any atom is -0.295 e. The molecule has 3 N–H and O–H groups in total. The van der Waals surface area contributed by atoms with Gasteiger partial charge in [-0.05, 0) is 72.3 Å². The molecule has 35 heavy (non-hydrogen) atoms. The molecule has 1 heterocycles. The normalized spacial score (nSPS) is 15.9. The fourth-order valence-electron chi connectivity index (χ4n) is 3.72. The molecule has 0 aromatic heterocycles. The lowest BCUT2D eigenvalue weighted by molar-refractivity contribution is 0.463. The van der Waals surface area contributed by atoms with Crippen molar-refractivity contribution in [3.63, 3.8) is 0 Å². The summed E-state index contributed by atoms with van der Waals surface area (Å²) < 4.78 is 3.43. The molecule has 3 aromatic rings. The van der Waals surface area contributed by atoms with Crippen LogP contribution in [-0.2, 0) is 0 Å². The van der Waals surface area contributed by atoms with Gasteiger partial charge in [0.25, 0.3) is 0 Å². The smallest absolute Gasteiger partial charge is 0.225 e. The molecule has 3 aromatic carbocycles. The molecule has 5 nitrogen and oxygen atoms in total. The van der Waals surface area contributed by atoms with Crippen molar-refractivity contribution in [3.8, 4) is 0 Å². The van der Waals surface area contributed by atoms with E-state index in [0.717, 1.165) is 40.7 Å². The quantitative estimate of drug-likeness (QED) is 0.134. The minimum absolute atomic E-state index is 0.110. The summed E-state index contributed by atoms with van der Waals surface area (Å²) in [7, 11) is 0. The van der Waals surface area contributed by atoms with E-state index in [1.165, 1.54) is 29.5 Å². The molecule has 0 saturated carbocycles. The third-order valence-corrected chi connectivity index (χ3v) is 7.33. The van der Waals surface area contributed by atoms with Gasteiger partial charge >= 0.3 is 0 Å². The van der Waals surface area contributed by atoms with Crippen molar-refractivity contribution in [1.82, 2.24) is 9.73 Å². The van der Waals surface area contributed by atoms with Crippen LogP contribution in [-0.4, -0.2) is 35.5 Å². The number of hydrogen-bond donors (Lipinski definition) is 2. The number of nitrogens with one attached hydrogen (secondary N) is 1. The highest BCUT2D eigenvalue weighted by Crippen LogP contribution is 2.30. The van der Waals surface area contributed by atoms with Gasteiger partial charge in [-0.3, -0.25) is 14.9 Å². The van der Waals surface area contributed by atoms with Crippen LogP contribution in [0.5, 0.6) is 0 Å². The first-order valence-electron chi connectivity index (χ1n) is 11.4. The van der Waals surface area contributed by atoms with Crippen LogP contribution in [0, 0.1) is 0 Å². The van der Waals surface area contributed by atoms with Gasteiger partial charge in [0.2, 0.25) is 5.96 Å². The Hall–Kier alpha value is -2.16. The summed E-state index contributed by atoms with van der Waals surface area (Å²) in [5.41, 5.74) is 3.27. The molecule has 1 aliphatic heterocycles. The fraction of sp³-hybridized carbons (Fsp3) is 0.231. The van der Waals surface area contributed by atoms with Crippen LogP contribution in [0.2, 0.25) is 10.0 Å². The van der Waals surface area contributed by atoms with Gasteiger partial charge in [0.05, 0.1) is 12.3 Å². The number of guanidine groups is 1. The predicted octanol–water partition coefficient (Wildman–Crippen LogP) is 6.84. The third-order valence-electron chi connectivity index (χ3n) is 5.51. The summed E-state index contributed by atoms with van der Waals surface area (Å²) in [5, 5.41) is 14.0. The molecule has 0 aliphatic carbocycles. The summed E-state index contributed by atoms with van der Waals surface area (Å²) in [6, 6.07) is 26.1. The second kappa shape index (κ2) is 13.2. The number of nitrogens with zero attached hydrogens (tertiary/aromatic N) is 3. The molecule has 0 spiro atoms. The van der Waals surface area contributed by atoms with E-state index < -0.39 is 0 Å². The average molecular weight is 545 g/mol. The Morgan fingerprint density at radius 2 is 1.66 bits per heavy atom. The van der Waals surface area contributed by atoms with Crippen molar-refractivity contribution in [2.45, 2.75) is 23.7 Å². The summed E-state index contributed by atoms with van der Waals surface area (Å²) in [4.78, 5) is 5.93. The Labute approximate surface area is 225 Å². The number of hydrazone groups is 1. The average Bonchev–Trinajstić information content (AvgIpc) is 3.33. The second-order valence-corrected chi connectivity index (χ2v) is 10.5. The first kappa shape index (κ1) is 25.9. The zero-order chi connectivity index (χ0) is 24.5. The highest BCUT2D eigenvalue weighted by molar-refractivity contribution is 7.98. The second-order valence-electron chi connectivity index (χ2n) is 7.98. The van der Waals surface area contributed by atoms with Gasteiger partial charge in [-0.25, -0.2) is 5.01 Å². The molecular weight excluding hydrogens is 517 g/mol. The molecule has 4 rings (SSSR count). The number of halogens is 2. The zero-order valence-electron chi connectivity index (χ0n) is 19.1. The number of unbranched alkanes of at least 4 members (excludes halogenated alkanes) is 1. The van der Waals surface area contributed by atoms with Crippen molar-refractivity contribution in [2.75, 3.05) is 18.8 Å². The van der Waals surface area contributed by atoms with E-state index in [-0.39, 0.29) is 5.92 Å². The van der Waals surface area contributed by atoms with Gasteiger partial charge in [0.15, 0.2) is 0 Å². The Bertz CT molecular complexity index is 1140. The minimum atomic E-state index is 0.110. The van der Waals surface area contributed by atoms with Gasteiger partial charge in [-0.2, -0.15) is 5.10 Å². The summed E-state index contributed by atoms with van der Waals surface area (Å²) in [5.74, 6) is 1.77. The number of hydrogen-bond acceptors (Lipinski definition) is 5. The van der Waals surface area contributed by atoms with Crippen molar-refractivity contribution < 1.29 is 0 Å². The van der Waals surface area contributed by atoms with Gasteiger partial charge in [0.1, 0.15) is 0 Å². The largest absolute Gasteiger partial charge is 0.295 e. The van der Waals surface area contributed by atoms with Crippen LogP contribution in [0.1, 0.15) is 29.9 Å². The molecule has 9 heteroatoms. The maximum Gasteiger partial charge on any atom is 0.225 e. The van der Waals surface area contributed by atoms with Crippen molar-refractivity contribution >= 4 is 58.8 Å². The molecule has 1 aliphatic rings. The SMILES string of the molecule is NSCCCCN=C(NSc1ccc(Cl)cc1)N1CC(c2ccccc2)C(c2ccc(Cl)cc2)=N1. The van der Waals surface area contributed by atoms with E-state index in [4.69, 9.17) is 38.4 Å². The van der Waals surface area contributed by atoms with Gasteiger partial charge in [-0.15, -0.1) is 0 Å². The van der Waals surface area contributed by atoms with Crippen molar-refractivity contribution in [1.29, 1.82) is 0 Å². The Morgan fingerprint density at radius 3 is 2.34 bits per heavy atom. The third kappa shape index (κ3) is 7.41. The van der Waals surface area contributed by atoms with Crippen LogP contribution in [0.3, 0.4) is 0 Å². The monoisotopic (exact) mass is 543 g/mol. The molecule has 0 amide bonds. The fourth-order valence-corrected chi connectivity index (χ4v) is 4.99. The molecular formula is C26H27Cl2N5S2. The molecule has 0 radical (unpaired) electrons. The number of aliphatic imine (C=N–C) groups is 1. The van der Waals surface area contributed by atoms with E-state index >= 15 is 0 Å². The van der Waals surface area contributed by atoms with Crippen LogP contribution < -0.4 is 9.86 Å². The molecule has 0 fully saturated rings. The maximum atomic E-state index is 6.15. The number of nitrogens with two attached hydrogens (primary N) is 1. The lowest BCUT2D eigenvalue weighted by Crippen LogP contribution is -2.34. The van der Waals surface area contributed by atoms with Crippen LogP contribution in [0.25, 0.3) is 0 Å². The first-order chi connectivity index (χ1) is 17.1. The van der Waals surface area contributed by atoms with E-state index in [1.807, 2.05) is 59.6 Å². The molecule has 0 bridgehead atoms. The lowest BCUT2D eigenvalue weighted by Gasteiger charge is -2.19. The highest BCUT2D eigenvalue weighted by Gasteiger charge is 2.31. The Balaban J connectivity index is 1.60. The van der Waals surface area contributed by atoms with Crippen molar-refractivity contribution in [2.24, 2.45) is 15.2 Å². The number of benzene rings is 3. The van der Waals surface area contributed by atoms with Crippen LogP contribution >= 0.6 is 47.1 Å². The lowest BCUT2D eigenvalue weighted by atomic mass is 9.91. The standard InChI is InChI=1S/C26H27Cl2N5S2/c27-21-10-8-20(9-11-21)25-24(19-6-2-1-3-7-19)18-33(31-25)26(30-16-4-5-17-34-29)32-35-23-14-12-22(28)13-15-23/h1-3,6-15,24H,4-5,16-18,29H2,(H,30,32). The topological polar surface area (TPSA) is 66.0 Å². The summed E-state index contributed by atoms with van der Waals surface area (Å²) in [6.07, 6.45) is 1.99. The first-order valence-corrected chi connectivity index (χ1v) is 14.0. The van der Waals surface area contributed by atoms with Crippen molar-refractivity contribution in [3.05, 3.63) is 100 Å². The molecule has 1 unspecified atom stereocenters. The summed E-state index contributed by atoms with van der Waals surface area (Å²) in [6.45, 7) is 1.38. The zero-order valence-corrected chi connectivity index (χ0v) is 22.3. The Kier molecular flexibility index (Phi) is 9.80. The molecule has 0 saturated heterocycles. The van der Waals surface area contributed by atoms with Gasteiger partial charge < -0.3 is 0 Å². The Morgan fingerprint density at radius 1 is 0.971 bits per heavy atom. The molecule has 1 atom stereocenters. The molecule has 182 valence electrons. The van der Waals surface area contributed by atoms with E-state index in [9.17, 15) is 0 Å². The maximum absolute atomic E-state index is 6.15. The van der Waals surface area contributed by atoms with Crippen LogP contribution in [0.4, 0.5) is 0 Å². The van der Waals surface area contributed by atoms with E-state index in [0.29, 0.717) is 23.1 Å². The highest BCUT2D eigenvalue weighted by atomic mass is 35.5. The van der Waals surface area contributed by atoms with Gasteiger partial charge in [-0.1, -0.05) is 77.6 Å². The number of rotatable bonds is 9. The van der Waals surface area contributed by atoms with E-state index in [1.54, 1.807) is 0 Å². The predicted molar refractivity (Wildman–Crippen MR) is 153 cm³/mol. The van der Waals surface area contributed by atoms with E-state index in [2.05, 4.69) is 29.0 Å². The summed E-state index contributed by atoms with van der Waals surface area (Å²) >= 11 is 15.1. The van der Waals surface area contributed by atoms with Crippen LogP contribution in [0.15, 0.2) is 93.9 Å².